The quantitative estimate of drug-likeness (QED) is 0.309. The van der Waals surface area contributed by atoms with Gasteiger partial charge in [-0.2, -0.15) is 13.1 Å². The highest BCUT2D eigenvalue weighted by atomic mass is 32.2. The molecule has 0 aliphatic heterocycles. The third-order valence-electron chi connectivity index (χ3n) is 4.77. The number of allylic oxidation sites excluding steroid dienone is 2. The highest BCUT2D eigenvalue weighted by Gasteiger charge is 2.49. The average Bonchev–Trinajstić information content (AvgIpc) is 3.24. The van der Waals surface area contributed by atoms with Gasteiger partial charge in [0.25, 0.3) is 0 Å². The van der Waals surface area contributed by atoms with E-state index in [2.05, 4.69) is 16.9 Å². The molecular formula is C17H28N2O8S. The predicted molar refractivity (Wildman–Crippen MR) is 98.8 cm³/mol. The highest BCUT2D eigenvalue weighted by Crippen LogP contribution is 2.52. The largest absolute Gasteiger partial charge is 0.480 e. The number of fused-ring (bicyclic) bond motifs is 1. The number of aliphatic carboxylic acids is 1. The van der Waals surface area contributed by atoms with E-state index in [1.165, 1.54) is 0 Å². The fraction of sp³-hybridized carbons (Fsp3) is 0.765. The van der Waals surface area contributed by atoms with Gasteiger partial charge in [0, 0.05) is 6.54 Å². The van der Waals surface area contributed by atoms with Crippen LogP contribution in [0.4, 0.5) is 4.79 Å². The van der Waals surface area contributed by atoms with Gasteiger partial charge in [-0.1, -0.05) is 12.2 Å². The van der Waals surface area contributed by atoms with Crippen LogP contribution in [-0.4, -0.2) is 65.2 Å². The van der Waals surface area contributed by atoms with Crippen LogP contribution in [0.15, 0.2) is 12.2 Å². The van der Waals surface area contributed by atoms with Crippen molar-refractivity contribution >= 4 is 22.3 Å². The van der Waals surface area contributed by atoms with E-state index in [-0.39, 0.29) is 33.0 Å². The lowest BCUT2D eigenvalue weighted by molar-refractivity contribution is -0.142. The first kappa shape index (κ1) is 22.6. The molecule has 0 aromatic carbocycles. The minimum Gasteiger partial charge on any atom is -0.480 e. The molecule has 0 heterocycles. The van der Waals surface area contributed by atoms with Gasteiger partial charge in [0.15, 0.2) is 0 Å². The first-order valence-electron chi connectivity index (χ1n) is 9.35. The molecule has 11 heteroatoms. The number of hydrogen-bond donors (Lipinski definition) is 3. The van der Waals surface area contributed by atoms with Crippen LogP contribution >= 0.6 is 0 Å². The van der Waals surface area contributed by atoms with Crippen LogP contribution in [-0.2, 0) is 29.2 Å². The monoisotopic (exact) mass is 420 g/mol. The summed E-state index contributed by atoms with van der Waals surface area (Å²) < 4.78 is 42.4. The van der Waals surface area contributed by atoms with Crippen molar-refractivity contribution < 1.29 is 37.3 Å². The maximum atomic E-state index is 11.8. The highest BCUT2D eigenvalue weighted by molar-refractivity contribution is 7.88. The molecule has 0 radical (unpaired) electrons. The topological polar surface area (TPSA) is 140 Å². The lowest BCUT2D eigenvalue weighted by atomic mass is 10.1. The molecule has 0 bridgehead atoms. The lowest BCUT2D eigenvalue weighted by Gasteiger charge is -2.09. The number of nitrogens with one attached hydrogen (secondary N) is 2. The Morgan fingerprint density at radius 3 is 2.32 bits per heavy atom. The first-order chi connectivity index (χ1) is 13.4. The van der Waals surface area contributed by atoms with Gasteiger partial charge >= 0.3 is 22.3 Å². The van der Waals surface area contributed by atoms with Gasteiger partial charge in [-0.3, -0.25) is 0 Å². The summed E-state index contributed by atoms with van der Waals surface area (Å²) in [6.45, 7) is 0.0249. The van der Waals surface area contributed by atoms with E-state index in [1.807, 2.05) is 4.72 Å². The molecule has 1 fully saturated rings. The van der Waals surface area contributed by atoms with Crippen molar-refractivity contribution in [3.8, 4) is 0 Å². The number of amides is 1. The fourth-order valence-electron chi connectivity index (χ4n) is 3.42. The zero-order valence-electron chi connectivity index (χ0n) is 15.7. The van der Waals surface area contributed by atoms with Gasteiger partial charge in [-0.25, -0.2) is 14.3 Å². The molecule has 0 saturated heterocycles. The SMILES string of the molecule is O=C(O)COCCOCCNS(=O)(=O)NC(=O)OCC1[C@H]2CC/C=C\CC[C@@H]12. The number of ether oxygens (including phenoxy) is 3. The fourth-order valence-corrected chi connectivity index (χ4v) is 4.12. The Morgan fingerprint density at radius 2 is 1.68 bits per heavy atom. The summed E-state index contributed by atoms with van der Waals surface area (Å²) in [6, 6.07) is 0. The van der Waals surface area contributed by atoms with Gasteiger partial charge < -0.3 is 19.3 Å². The third kappa shape index (κ3) is 8.55. The summed E-state index contributed by atoms with van der Waals surface area (Å²) in [5, 5.41) is 8.37. The maximum Gasteiger partial charge on any atom is 0.421 e. The summed E-state index contributed by atoms with van der Waals surface area (Å²) in [5.41, 5.74) is 0. The Labute approximate surface area is 164 Å². The molecule has 1 amide bonds. The van der Waals surface area contributed by atoms with Crippen LogP contribution in [0.5, 0.6) is 0 Å². The minimum atomic E-state index is -4.03. The van der Waals surface area contributed by atoms with Crippen LogP contribution in [0.1, 0.15) is 25.7 Å². The minimum absolute atomic E-state index is 0.0475. The Kier molecular flexibility index (Phi) is 9.16. The van der Waals surface area contributed by atoms with Crippen molar-refractivity contribution in [3.05, 3.63) is 12.2 Å². The summed E-state index contributed by atoms with van der Waals surface area (Å²) in [4.78, 5) is 22.0. The second-order valence-corrected chi connectivity index (χ2v) is 8.27. The molecule has 2 rings (SSSR count). The Hall–Kier alpha value is -1.69. The number of carboxylic acids is 1. The molecule has 160 valence electrons. The molecule has 3 N–H and O–H groups in total. The molecule has 2 aliphatic carbocycles. The standard InChI is InChI=1S/C17H28N2O8S/c20-16(21)12-26-10-9-25-8-7-18-28(23,24)19-17(22)27-11-15-13-5-3-1-2-4-6-14(13)15/h1-2,13-15,18H,3-12H2,(H,19,22)(H,20,21)/b2-1-/t13-,14+,15?. The van der Waals surface area contributed by atoms with Gasteiger partial charge in [0.2, 0.25) is 0 Å². The van der Waals surface area contributed by atoms with Crippen LogP contribution in [0.2, 0.25) is 0 Å². The molecule has 10 nitrogen and oxygen atoms in total. The van der Waals surface area contributed by atoms with Crippen molar-refractivity contribution in [2.75, 3.05) is 39.6 Å². The summed E-state index contributed by atoms with van der Waals surface area (Å²) in [6.07, 6.45) is 7.61. The summed E-state index contributed by atoms with van der Waals surface area (Å²) in [7, 11) is -4.03. The van der Waals surface area contributed by atoms with Gasteiger partial charge in [0.1, 0.15) is 6.61 Å². The third-order valence-corrected chi connectivity index (χ3v) is 5.79. The Morgan fingerprint density at radius 1 is 1.04 bits per heavy atom. The van der Waals surface area contributed by atoms with Crippen molar-refractivity contribution in [2.24, 2.45) is 17.8 Å². The summed E-state index contributed by atoms with van der Waals surface area (Å²) >= 11 is 0. The van der Waals surface area contributed by atoms with Crippen molar-refractivity contribution in [1.29, 1.82) is 0 Å². The lowest BCUT2D eigenvalue weighted by Crippen LogP contribution is -2.42. The Balaban J connectivity index is 1.53. The summed E-state index contributed by atoms with van der Waals surface area (Å²) in [5.74, 6) is 0.362. The van der Waals surface area contributed by atoms with E-state index in [1.54, 1.807) is 0 Å². The number of carboxylic acid groups (broad SMARTS) is 1. The molecule has 2 aliphatic rings. The smallest absolute Gasteiger partial charge is 0.421 e. The maximum absolute atomic E-state index is 11.8. The van der Waals surface area contributed by atoms with E-state index in [4.69, 9.17) is 19.3 Å². The van der Waals surface area contributed by atoms with Gasteiger partial charge in [-0.15, -0.1) is 0 Å². The molecule has 3 atom stereocenters. The zero-order valence-corrected chi connectivity index (χ0v) is 16.5. The van der Waals surface area contributed by atoms with Gasteiger partial charge in [-0.05, 0) is 43.4 Å². The van der Waals surface area contributed by atoms with Gasteiger partial charge in [0.05, 0.1) is 26.4 Å². The molecule has 0 spiro atoms. The van der Waals surface area contributed by atoms with Crippen molar-refractivity contribution in [1.82, 2.24) is 9.44 Å². The Bertz CT molecular complexity index is 636. The number of carbonyl (C=O) groups is 2. The van der Waals surface area contributed by atoms with Crippen LogP contribution in [0.3, 0.4) is 0 Å². The van der Waals surface area contributed by atoms with E-state index in [9.17, 15) is 18.0 Å². The molecule has 1 unspecified atom stereocenters. The van der Waals surface area contributed by atoms with Crippen molar-refractivity contribution in [3.63, 3.8) is 0 Å². The molecule has 0 aromatic rings. The molecular weight excluding hydrogens is 392 g/mol. The second kappa shape index (κ2) is 11.3. The predicted octanol–water partition coefficient (Wildman–Crippen LogP) is 0.657. The first-order valence-corrected chi connectivity index (χ1v) is 10.8. The normalized spacial score (nSPS) is 25.1. The van der Waals surface area contributed by atoms with Crippen LogP contribution in [0, 0.1) is 17.8 Å². The van der Waals surface area contributed by atoms with Crippen LogP contribution < -0.4 is 9.44 Å². The molecule has 1 saturated carbocycles. The van der Waals surface area contributed by atoms with Crippen molar-refractivity contribution in [2.45, 2.75) is 25.7 Å². The van der Waals surface area contributed by atoms with E-state index in [0.717, 1.165) is 25.7 Å². The average molecular weight is 420 g/mol. The molecule has 28 heavy (non-hydrogen) atoms. The van der Waals surface area contributed by atoms with E-state index >= 15 is 0 Å². The number of carbonyl (C=O) groups excluding carboxylic acids is 1. The number of hydrogen-bond acceptors (Lipinski definition) is 7. The zero-order chi connectivity index (χ0) is 20.4. The molecule has 0 aromatic heterocycles. The number of rotatable bonds is 12. The second-order valence-electron chi connectivity index (χ2n) is 6.77. The van der Waals surface area contributed by atoms with E-state index < -0.39 is 28.9 Å². The van der Waals surface area contributed by atoms with Crippen LogP contribution in [0.25, 0.3) is 0 Å². The van der Waals surface area contributed by atoms with E-state index in [0.29, 0.717) is 17.8 Å².